The largest absolute Gasteiger partial charge is 0.487 e. The van der Waals surface area contributed by atoms with E-state index in [2.05, 4.69) is 10.3 Å². The number of carbonyl (C=O) groups is 1. The molecule has 136 valence electrons. The smallest absolute Gasteiger partial charge is 0.248 e. The zero-order chi connectivity index (χ0) is 18.9. The highest BCUT2D eigenvalue weighted by molar-refractivity contribution is 7.98. The number of rotatable bonds is 7. The van der Waals surface area contributed by atoms with Crippen LogP contribution in [-0.4, -0.2) is 17.1 Å². The van der Waals surface area contributed by atoms with Gasteiger partial charge in [-0.2, -0.15) is 0 Å². The quantitative estimate of drug-likeness (QED) is 0.464. The van der Waals surface area contributed by atoms with Gasteiger partial charge < -0.3 is 10.1 Å². The van der Waals surface area contributed by atoms with Gasteiger partial charge in [0.1, 0.15) is 12.4 Å². The van der Waals surface area contributed by atoms with E-state index < -0.39 is 0 Å². The van der Waals surface area contributed by atoms with Gasteiger partial charge in [0.25, 0.3) is 0 Å². The molecule has 0 aliphatic carbocycles. The van der Waals surface area contributed by atoms with Crippen LogP contribution in [0, 0.1) is 0 Å². The van der Waals surface area contributed by atoms with Crippen molar-refractivity contribution in [1.29, 1.82) is 0 Å². The Morgan fingerprint density at radius 2 is 1.85 bits per heavy atom. The fraction of sp³-hybridized carbons (Fsp3) is 0.0909. The molecule has 3 aromatic rings. The molecule has 0 bridgehead atoms. The first-order valence-electron chi connectivity index (χ1n) is 8.49. The first kappa shape index (κ1) is 18.7. The van der Waals surface area contributed by atoms with Crippen molar-refractivity contribution >= 4 is 29.4 Å². The summed E-state index contributed by atoms with van der Waals surface area (Å²) in [4.78, 5) is 17.4. The number of aromatic nitrogens is 1. The van der Waals surface area contributed by atoms with Gasteiger partial charge in [0.2, 0.25) is 5.91 Å². The van der Waals surface area contributed by atoms with E-state index in [1.54, 1.807) is 24.0 Å². The summed E-state index contributed by atoms with van der Waals surface area (Å²) in [6, 6.07) is 21.0. The number of nitrogens with zero attached hydrogens (tertiary/aromatic N) is 1. The summed E-state index contributed by atoms with van der Waals surface area (Å²) in [6.07, 6.45) is 7.04. The van der Waals surface area contributed by atoms with Gasteiger partial charge in [0.15, 0.2) is 0 Å². The third kappa shape index (κ3) is 5.72. The van der Waals surface area contributed by atoms with Gasteiger partial charge in [-0.1, -0.05) is 30.3 Å². The molecule has 5 heteroatoms. The van der Waals surface area contributed by atoms with Crippen LogP contribution in [0.15, 0.2) is 83.9 Å². The molecule has 4 nitrogen and oxygen atoms in total. The molecule has 0 aliphatic heterocycles. The number of hydrogen-bond donors (Lipinski definition) is 1. The van der Waals surface area contributed by atoms with Crippen molar-refractivity contribution in [3.8, 4) is 5.75 Å². The molecule has 1 N–H and O–H groups in total. The lowest BCUT2D eigenvalue weighted by Gasteiger charge is -2.07. The Kier molecular flexibility index (Phi) is 6.66. The van der Waals surface area contributed by atoms with Crippen molar-refractivity contribution < 1.29 is 9.53 Å². The SMILES string of the molecule is CSc1ccccc1NC(=O)/C=C/c1ccc(OCc2ccccn2)cc1. The fourth-order valence-corrected chi connectivity index (χ4v) is 2.96. The molecule has 1 heterocycles. The molecule has 0 saturated heterocycles. The third-order valence-corrected chi connectivity index (χ3v) is 4.58. The predicted molar refractivity (Wildman–Crippen MR) is 111 cm³/mol. The number of thioether (sulfide) groups is 1. The van der Waals surface area contributed by atoms with Gasteiger partial charge in [-0.05, 0) is 54.3 Å². The molecule has 1 aromatic heterocycles. The molecule has 0 fully saturated rings. The zero-order valence-electron chi connectivity index (χ0n) is 15.0. The Morgan fingerprint density at radius 1 is 1.07 bits per heavy atom. The number of para-hydroxylation sites is 1. The average Bonchev–Trinajstić information content (AvgIpc) is 2.72. The highest BCUT2D eigenvalue weighted by Gasteiger charge is 2.03. The van der Waals surface area contributed by atoms with Crippen LogP contribution in [0.2, 0.25) is 0 Å². The van der Waals surface area contributed by atoms with Crippen molar-refractivity contribution in [2.75, 3.05) is 11.6 Å². The lowest BCUT2D eigenvalue weighted by molar-refractivity contribution is -0.111. The number of carbonyl (C=O) groups excluding carboxylic acids is 1. The summed E-state index contributed by atoms with van der Waals surface area (Å²) in [5, 5.41) is 2.90. The molecular weight excluding hydrogens is 356 g/mol. The monoisotopic (exact) mass is 376 g/mol. The maximum Gasteiger partial charge on any atom is 0.248 e. The molecule has 0 spiro atoms. The first-order chi connectivity index (χ1) is 13.2. The maximum atomic E-state index is 12.1. The van der Waals surface area contributed by atoms with E-state index in [4.69, 9.17) is 4.74 Å². The van der Waals surface area contributed by atoms with Gasteiger partial charge >= 0.3 is 0 Å². The molecule has 2 aromatic carbocycles. The lowest BCUT2D eigenvalue weighted by atomic mass is 10.2. The van der Waals surface area contributed by atoms with Crippen LogP contribution in [0.1, 0.15) is 11.3 Å². The van der Waals surface area contributed by atoms with Crippen LogP contribution < -0.4 is 10.1 Å². The van der Waals surface area contributed by atoms with E-state index in [-0.39, 0.29) is 5.91 Å². The van der Waals surface area contributed by atoms with E-state index in [9.17, 15) is 4.79 Å². The number of nitrogens with one attached hydrogen (secondary N) is 1. The summed E-state index contributed by atoms with van der Waals surface area (Å²) < 4.78 is 5.71. The van der Waals surface area contributed by atoms with Crippen LogP contribution in [0.5, 0.6) is 5.75 Å². The Balaban J connectivity index is 1.55. The molecule has 0 radical (unpaired) electrons. The third-order valence-electron chi connectivity index (χ3n) is 3.78. The minimum absolute atomic E-state index is 0.160. The lowest BCUT2D eigenvalue weighted by Crippen LogP contribution is -2.08. The van der Waals surface area contributed by atoms with Crippen LogP contribution >= 0.6 is 11.8 Å². The van der Waals surface area contributed by atoms with Crippen molar-refractivity contribution in [1.82, 2.24) is 4.98 Å². The van der Waals surface area contributed by atoms with Crippen LogP contribution in [0.4, 0.5) is 5.69 Å². The molecule has 0 saturated carbocycles. The molecule has 0 aliphatic rings. The van der Waals surface area contributed by atoms with Crippen molar-refractivity contribution in [2.45, 2.75) is 11.5 Å². The Labute approximate surface area is 163 Å². The first-order valence-corrected chi connectivity index (χ1v) is 9.72. The van der Waals surface area contributed by atoms with Gasteiger partial charge in [0, 0.05) is 17.2 Å². The minimum Gasteiger partial charge on any atom is -0.487 e. The molecular formula is C22H20N2O2S. The van der Waals surface area contributed by atoms with Crippen molar-refractivity contribution in [3.05, 3.63) is 90.3 Å². The highest BCUT2D eigenvalue weighted by atomic mass is 32.2. The van der Waals surface area contributed by atoms with Gasteiger partial charge in [-0.3, -0.25) is 9.78 Å². The number of benzene rings is 2. The Morgan fingerprint density at radius 3 is 2.59 bits per heavy atom. The average molecular weight is 376 g/mol. The van der Waals surface area contributed by atoms with Crippen molar-refractivity contribution in [3.63, 3.8) is 0 Å². The topological polar surface area (TPSA) is 51.2 Å². The number of pyridine rings is 1. The second kappa shape index (κ2) is 9.59. The second-order valence-electron chi connectivity index (χ2n) is 5.70. The predicted octanol–water partition coefficient (Wildman–Crippen LogP) is 5.03. The summed E-state index contributed by atoms with van der Waals surface area (Å²) >= 11 is 1.60. The standard InChI is InChI=1S/C22H20N2O2S/c1-27-21-8-3-2-7-20(21)24-22(25)14-11-17-9-12-19(13-10-17)26-16-18-6-4-5-15-23-18/h2-15H,16H2,1H3,(H,24,25)/b14-11+. The van der Waals surface area contributed by atoms with E-state index in [0.717, 1.165) is 27.6 Å². The van der Waals surface area contributed by atoms with Crippen LogP contribution in [0.25, 0.3) is 6.08 Å². The van der Waals surface area contributed by atoms with E-state index in [1.165, 1.54) is 6.08 Å². The Hall–Kier alpha value is -3.05. The van der Waals surface area contributed by atoms with E-state index >= 15 is 0 Å². The molecule has 0 unspecified atom stereocenters. The highest BCUT2D eigenvalue weighted by Crippen LogP contribution is 2.24. The minimum atomic E-state index is -0.160. The Bertz CT molecular complexity index is 909. The van der Waals surface area contributed by atoms with E-state index in [0.29, 0.717) is 6.61 Å². The number of anilines is 1. The molecule has 3 rings (SSSR count). The second-order valence-corrected chi connectivity index (χ2v) is 6.55. The summed E-state index contributed by atoms with van der Waals surface area (Å²) in [6.45, 7) is 0.424. The van der Waals surface area contributed by atoms with Gasteiger partial charge in [0.05, 0.1) is 11.4 Å². The van der Waals surface area contributed by atoms with Crippen LogP contribution in [0.3, 0.4) is 0 Å². The molecule has 27 heavy (non-hydrogen) atoms. The van der Waals surface area contributed by atoms with Gasteiger partial charge in [-0.25, -0.2) is 0 Å². The summed E-state index contributed by atoms with van der Waals surface area (Å²) in [5.41, 5.74) is 2.62. The van der Waals surface area contributed by atoms with Gasteiger partial charge in [-0.15, -0.1) is 11.8 Å². The van der Waals surface area contributed by atoms with Crippen LogP contribution in [-0.2, 0) is 11.4 Å². The molecule has 1 amide bonds. The number of hydrogen-bond acceptors (Lipinski definition) is 4. The normalized spacial score (nSPS) is 10.7. The molecule has 0 atom stereocenters. The number of ether oxygens (including phenoxy) is 1. The summed E-state index contributed by atoms with van der Waals surface area (Å²) in [7, 11) is 0. The van der Waals surface area contributed by atoms with Crippen molar-refractivity contribution in [2.24, 2.45) is 0 Å². The fourth-order valence-electron chi connectivity index (χ4n) is 2.41. The maximum absolute atomic E-state index is 12.1. The number of amides is 1. The zero-order valence-corrected chi connectivity index (χ0v) is 15.8. The summed E-state index contributed by atoms with van der Waals surface area (Å²) in [5.74, 6) is 0.600. The van der Waals surface area contributed by atoms with E-state index in [1.807, 2.05) is 73.0 Å².